The molecular weight excluding hydrogens is 368 g/mol. The highest BCUT2D eigenvalue weighted by Gasteiger charge is 2.26. The number of carbonyl (C=O) groups excluding carboxylic acids is 1. The Morgan fingerprint density at radius 1 is 1.44 bits per heavy atom. The molecule has 7 nitrogen and oxygen atoms in total. The second-order valence-corrected chi connectivity index (χ2v) is 8.57. The standard InChI is InChI=1S/C16H23ClN2O5S/c1-11(20)10-18-16(21)12-3-4-15(14(17)9-12)24-13-5-7-19(8-6-13)25(2,22)23/h3-4,9,11,13,20H,5-8,10H2,1-2H3,(H,18,21)/t11-/m0/s1. The molecule has 1 heterocycles. The van der Waals surface area contributed by atoms with Crippen LogP contribution in [0.5, 0.6) is 5.75 Å². The Hall–Kier alpha value is -1.35. The maximum Gasteiger partial charge on any atom is 0.251 e. The van der Waals surface area contributed by atoms with Crippen molar-refractivity contribution in [2.75, 3.05) is 25.9 Å². The molecule has 0 radical (unpaired) electrons. The van der Waals surface area contributed by atoms with Gasteiger partial charge in [-0.05, 0) is 38.0 Å². The second-order valence-electron chi connectivity index (χ2n) is 6.18. The monoisotopic (exact) mass is 390 g/mol. The van der Waals surface area contributed by atoms with E-state index in [1.807, 2.05) is 0 Å². The lowest BCUT2D eigenvalue weighted by molar-refractivity contribution is 0.0924. The van der Waals surface area contributed by atoms with Crippen LogP contribution in [0, 0.1) is 0 Å². The number of carbonyl (C=O) groups is 1. The van der Waals surface area contributed by atoms with Gasteiger partial charge in [0.25, 0.3) is 5.91 Å². The summed E-state index contributed by atoms with van der Waals surface area (Å²) in [6, 6.07) is 4.74. The molecule has 9 heteroatoms. The largest absolute Gasteiger partial charge is 0.489 e. The fourth-order valence-corrected chi connectivity index (χ4v) is 3.64. The van der Waals surface area contributed by atoms with Crippen molar-refractivity contribution in [3.8, 4) is 5.75 Å². The van der Waals surface area contributed by atoms with Crippen LogP contribution < -0.4 is 10.1 Å². The van der Waals surface area contributed by atoms with E-state index in [1.54, 1.807) is 19.1 Å². The van der Waals surface area contributed by atoms with E-state index in [1.165, 1.54) is 16.6 Å². The molecule has 1 aliphatic rings. The molecule has 1 aliphatic heterocycles. The molecule has 0 aliphatic carbocycles. The maximum atomic E-state index is 11.9. The minimum atomic E-state index is -3.17. The quantitative estimate of drug-likeness (QED) is 0.762. The second kappa shape index (κ2) is 8.35. The number of benzene rings is 1. The van der Waals surface area contributed by atoms with E-state index < -0.39 is 16.1 Å². The molecule has 1 aromatic carbocycles. The lowest BCUT2D eigenvalue weighted by atomic mass is 10.1. The molecule has 1 amide bonds. The van der Waals surface area contributed by atoms with Gasteiger partial charge in [0.15, 0.2) is 0 Å². The molecular formula is C16H23ClN2O5S. The van der Waals surface area contributed by atoms with E-state index in [4.69, 9.17) is 16.3 Å². The molecule has 0 bridgehead atoms. The molecule has 2 N–H and O–H groups in total. The molecule has 1 fully saturated rings. The minimum Gasteiger partial charge on any atom is -0.489 e. The van der Waals surface area contributed by atoms with Gasteiger partial charge >= 0.3 is 0 Å². The highest BCUT2D eigenvalue weighted by Crippen LogP contribution is 2.28. The maximum absolute atomic E-state index is 11.9. The van der Waals surface area contributed by atoms with Crippen molar-refractivity contribution in [3.63, 3.8) is 0 Å². The molecule has 0 spiro atoms. The van der Waals surface area contributed by atoms with Gasteiger partial charge in [-0.15, -0.1) is 0 Å². The topological polar surface area (TPSA) is 95.9 Å². The van der Waals surface area contributed by atoms with Gasteiger partial charge < -0.3 is 15.2 Å². The van der Waals surface area contributed by atoms with Crippen molar-refractivity contribution in [1.82, 2.24) is 9.62 Å². The summed E-state index contributed by atoms with van der Waals surface area (Å²) >= 11 is 6.20. The number of ether oxygens (including phenoxy) is 1. The van der Waals surface area contributed by atoms with Crippen molar-refractivity contribution >= 4 is 27.5 Å². The number of piperidine rings is 1. The number of hydrogen-bond donors (Lipinski definition) is 2. The molecule has 0 unspecified atom stereocenters. The number of rotatable bonds is 6. The fourth-order valence-electron chi connectivity index (χ4n) is 2.54. The normalized spacial score (nSPS) is 17.9. The number of amides is 1. The van der Waals surface area contributed by atoms with Crippen LogP contribution in [0.1, 0.15) is 30.1 Å². The number of nitrogens with zero attached hydrogens (tertiary/aromatic N) is 1. The van der Waals surface area contributed by atoms with E-state index in [-0.39, 0.29) is 18.6 Å². The van der Waals surface area contributed by atoms with Gasteiger partial charge in [-0.3, -0.25) is 4.79 Å². The van der Waals surface area contributed by atoms with Crippen LogP contribution in [0.25, 0.3) is 0 Å². The number of halogens is 1. The zero-order chi connectivity index (χ0) is 18.6. The van der Waals surface area contributed by atoms with Gasteiger partial charge in [0.05, 0.1) is 17.4 Å². The molecule has 0 saturated carbocycles. The lowest BCUT2D eigenvalue weighted by Crippen LogP contribution is -2.41. The summed E-state index contributed by atoms with van der Waals surface area (Å²) in [5.74, 6) is 0.141. The Kier molecular flexibility index (Phi) is 6.67. The third-order valence-corrected chi connectivity index (χ3v) is 5.51. The van der Waals surface area contributed by atoms with Crippen LogP contribution in [-0.4, -0.2) is 61.8 Å². The molecule has 2 rings (SSSR count). The van der Waals surface area contributed by atoms with Crippen molar-refractivity contribution in [3.05, 3.63) is 28.8 Å². The SMILES string of the molecule is C[C@H](O)CNC(=O)c1ccc(OC2CCN(S(C)(=O)=O)CC2)c(Cl)c1. The Balaban J connectivity index is 1.94. The van der Waals surface area contributed by atoms with E-state index in [0.29, 0.717) is 42.3 Å². The average molecular weight is 391 g/mol. The summed E-state index contributed by atoms with van der Waals surface area (Å²) in [6.45, 7) is 2.58. The number of nitrogens with one attached hydrogen (secondary N) is 1. The summed E-state index contributed by atoms with van der Waals surface area (Å²) in [7, 11) is -3.17. The third kappa shape index (κ3) is 5.85. The fraction of sp³-hybridized carbons (Fsp3) is 0.562. The average Bonchev–Trinajstić information content (AvgIpc) is 2.54. The number of sulfonamides is 1. The first-order valence-corrected chi connectivity index (χ1v) is 10.3. The highest BCUT2D eigenvalue weighted by atomic mass is 35.5. The Labute approximate surface area is 153 Å². The van der Waals surface area contributed by atoms with E-state index in [2.05, 4.69) is 5.32 Å². The Bertz CT molecular complexity index is 715. The van der Waals surface area contributed by atoms with Crippen molar-refractivity contribution in [2.24, 2.45) is 0 Å². The van der Waals surface area contributed by atoms with E-state index in [9.17, 15) is 18.3 Å². The Morgan fingerprint density at radius 3 is 2.60 bits per heavy atom. The first kappa shape index (κ1) is 20.0. The zero-order valence-electron chi connectivity index (χ0n) is 14.2. The van der Waals surface area contributed by atoms with Gasteiger partial charge in [0.1, 0.15) is 11.9 Å². The minimum absolute atomic E-state index is 0.120. The van der Waals surface area contributed by atoms with Crippen LogP contribution >= 0.6 is 11.6 Å². The number of aliphatic hydroxyl groups is 1. The molecule has 140 valence electrons. The molecule has 0 aromatic heterocycles. The van der Waals surface area contributed by atoms with Crippen molar-refractivity contribution in [1.29, 1.82) is 0 Å². The van der Waals surface area contributed by atoms with Gasteiger partial charge in [-0.1, -0.05) is 11.6 Å². The molecule has 1 saturated heterocycles. The predicted octanol–water partition coefficient (Wildman–Crippen LogP) is 1.25. The molecule has 1 atom stereocenters. The zero-order valence-corrected chi connectivity index (χ0v) is 15.8. The number of hydrogen-bond acceptors (Lipinski definition) is 5. The van der Waals surface area contributed by atoms with Crippen LogP contribution in [0.4, 0.5) is 0 Å². The summed E-state index contributed by atoms with van der Waals surface area (Å²) in [5.41, 5.74) is 0.380. The van der Waals surface area contributed by atoms with E-state index >= 15 is 0 Å². The third-order valence-electron chi connectivity index (χ3n) is 3.92. The van der Waals surface area contributed by atoms with Gasteiger partial charge in [0.2, 0.25) is 10.0 Å². The van der Waals surface area contributed by atoms with Crippen LogP contribution in [0.3, 0.4) is 0 Å². The predicted molar refractivity (Wildman–Crippen MR) is 95.5 cm³/mol. The number of aliphatic hydroxyl groups excluding tert-OH is 1. The molecule has 1 aromatic rings. The summed E-state index contributed by atoms with van der Waals surface area (Å²) in [5, 5.41) is 12.1. The highest BCUT2D eigenvalue weighted by molar-refractivity contribution is 7.88. The summed E-state index contributed by atoms with van der Waals surface area (Å²) < 4.78 is 30.3. The Morgan fingerprint density at radius 2 is 2.08 bits per heavy atom. The first-order valence-electron chi connectivity index (χ1n) is 8.04. The first-order chi connectivity index (χ1) is 11.7. The summed E-state index contributed by atoms with van der Waals surface area (Å²) in [4.78, 5) is 11.9. The smallest absolute Gasteiger partial charge is 0.251 e. The van der Waals surface area contributed by atoms with Gasteiger partial charge in [0, 0.05) is 25.2 Å². The van der Waals surface area contributed by atoms with Crippen molar-refractivity contribution in [2.45, 2.75) is 32.0 Å². The lowest BCUT2D eigenvalue weighted by Gasteiger charge is -2.30. The van der Waals surface area contributed by atoms with Crippen LogP contribution in [0.2, 0.25) is 5.02 Å². The van der Waals surface area contributed by atoms with Crippen LogP contribution in [0.15, 0.2) is 18.2 Å². The van der Waals surface area contributed by atoms with Crippen molar-refractivity contribution < 1.29 is 23.1 Å². The molecule has 25 heavy (non-hydrogen) atoms. The van der Waals surface area contributed by atoms with Crippen LogP contribution in [-0.2, 0) is 10.0 Å². The van der Waals surface area contributed by atoms with Gasteiger partial charge in [-0.2, -0.15) is 0 Å². The van der Waals surface area contributed by atoms with Gasteiger partial charge in [-0.25, -0.2) is 12.7 Å². The van der Waals surface area contributed by atoms with E-state index in [0.717, 1.165) is 0 Å². The summed E-state index contributed by atoms with van der Waals surface area (Å²) in [6.07, 6.45) is 1.62.